The molecular weight excluding hydrogens is 224 g/mol. The Bertz CT molecular complexity index is 369. The highest BCUT2D eigenvalue weighted by Gasteiger charge is 2.19. The van der Waals surface area contributed by atoms with Crippen molar-refractivity contribution in [3.63, 3.8) is 0 Å². The minimum atomic E-state index is 0.308. The van der Waals surface area contributed by atoms with Crippen LogP contribution in [0.1, 0.15) is 18.5 Å². The number of nitrogens with zero attached hydrogens (tertiary/aromatic N) is 1. The van der Waals surface area contributed by atoms with Crippen LogP contribution in [-0.2, 0) is 0 Å². The summed E-state index contributed by atoms with van der Waals surface area (Å²) in [5, 5.41) is 3.38. The Morgan fingerprint density at radius 1 is 1.33 bits per heavy atom. The van der Waals surface area contributed by atoms with Crippen LogP contribution >= 0.6 is 0 Å². The zero-order chi connectivity index (χ0) is 12.8. The zero-order valence-corrected chi connectivity index (χ0v) is 11.1. The predicted molar refractivity (Wildman–Crippen MR) is 75.0 cm³/mol. The SMILES string of the molecule is C=C[C@@H](c1ccc(OCC)cc1)N1CCNCC1. The number of hydrogen-bond donors (Lipinski definition) is 1. The molecular formula is C15H22N2O. The third kappa shape index (κ3) is 3.12. The van der Waals surface area contributed by atoms with Gasteiger partial charge in [-0.15, -0.1) is 6.58 Å². The molecule has 1 atom stereocenters. The Hall–Kier alpha value is -1.32. The Kier molecular flexibility index (Phi) is 4.79. The molecule has 1 saturated heterocycles. The molecule has 18 heavy (non-hydrogen) atoms. The summed E-state index contributed by atoms with van der Waals surface area (Å²) in [5.41, 5.74) is 1.29. The Labute approximate surface area is 109 Å². The standard InChI is InChI=1S/C15H22N2O/c1-3-15(17-11-9-16-10-12-17)13-5-7-14(8-6-13)18-4-2/h3,5-8,15-16H,1,4,9-12H2,2H3/t15-/m0/s1. The summed E-state index contributed by atoms with van der Waals surface area (Å²) in [4.78, 5) is 2.46. The molecule has 0 spiro atoms. The van der Waals surface area contributed by atoms with E-state index in [1.807, 2.05) is 25.1 Å². The molecule has 0 saturated carbocycles. The summed E-state index contributed by atoms with van der Waals surface area (Å²) in [6, 6.07) is 8.66. The molecule has 1 heterocycles. The van der Waals surface area contributed by atoms with Crippen molar-refractivity contribution in [2.24, 2.45) is 0 Å². The molecule has 1 N–H and O–H groups in total. The van der Waals surface area contributed by atoms with Crippen molar-refractivity contribution in [2.75, 3.05) is 32.8 Å². The van der Waals surface area contributed by atoms with Gasteiger partial charge >= 0.3 is 0 Å². The summed E-state index contributed by atoms with van der Waals surface area (Å²) in [5.74, 6) is 0.935. The normalized spacial score (nSPS) is 18.3. The van der Waals surface area contributed by atoms with Gasteiger partial charge in [0.1, 0.15) is 5.75 Å². The average molecular weight is 246 g/mol. The van der Waals surface area contributed by atoms with E-state index in [1.165, 1.54) is 5.56 Å². The fourth-order valence-electron chi connectivity index (χ4n) is 2.38. The van der Waals surface area contributed by atoms with Gasteiger partial charge in [0.15, 0.2) is 0 Å². The molecule has 1 aliphatic rings. The minimum Gasteiger partial charge on any atom is -0.494 e. The lowest BCUT2D eigenvalue weighted by molar-refractivity contribution is 0.203. The van der Waals surface area contributed by atoms with Gasteiger partial charge in [-0.1, -0.05) is 18.2 Å². The molecule has 1 aliphatic heterocycles. The first-order chi connectivity index (χ1) is 8.85. The van der Waals surface area contributed by atoms with Gasteiger partial charge in [-0.2, -0.15) is 0 Å². The van der Waals surface area contributed by atoms with Gasteiger partial charge in [-0.05, 0) is 24.6 Å². The van der Waals surface area contributed by atoms with Gasteiger partial charge < -0.3 is 10.1 Å². The van der Waals surface area contributed by atoms with Crippen molar-refractivity contribution in [2.45, 2.75) is 13.0 Å². The third-order valence-corrected chi connectivity index (χ3v) is 3.30. The molecule has 1 aromatic carbocycles. The van der Waals surface area contributed by atoms with E-state index in [-0.39, 0.29) is 0 Å². The lowest BCUT2D eigenvalue weighted by Crippen LogP contribution is -2.44. The molecule has 98 valence electrons. The van der Waals surface area contributed by atoms with Gasteiger partial charge in [0, 0.05) is 26.2 Å². The molecule has 0 radical (unpaired) electrons. The number of benzene rings is 1. The van der Waals surface area contributed by atoms with Gasteiger partial charge in [-0.25, -0.2) is 0 Å². The molecule has 1 fully saturated rings. The van der Waals surface area contributed by atoms with E-state index >= 15 is 0 Å². The highest BCUT2D eigenvalue weighted by molar-refractivity contribution is 5.31. The van der Waals surface area contributed by atoms with E-state index < -0.39 is 0 Å². The lowest BCUT2D eigenvalue weighted by Gasteiger charge is -2.33. The maximum Gasteiger partial charge on any atom is 0.119 e. The van der Waals surface area contributed by atoms with Crippen LogP contribution in [0.2, 0.25) is 0 Å². The van der Waals surface area contributed by atoms with Gasteiger partial charge in [0.05, 0.1) is 12.6 Å². The maximum atomic E-state index is 5.47. The van der Waals surface area contributed by atoms with E-state index in [0.29, 0.717) is 12.6 Å². The van der Waals surface area contributed by atoms with Crippen molar-refractivity contribution in [1.29, 1.82) is 0 Å². The lowest BCUT2D eigenvalue weighted by atomic mass is 10.0. The van der Waals surface area contributed by atoms with Crippen LogP contribution in [0.4, 0.5) is 0 Å². The van der Waals surface area contributed by atoms with E-state index in [2.05, 4.69) is 28.9 Å². The van der Waals surface area contributed by atoms with Gasteiger partial charge in [-0.3, -0.25) is 4.90 Å². The van der Waals surface area contributed by atoms with Crippen LogP contribution in [0.25, 0.3) is 0 Å². The number of ether oxygens (including phenoxy) is 1. The van der Waals surface area contributed by atoms with Crippen molar-refractivity contribution in [1.82, 2.24) is 10.2 Å². The second kappa shape index (κ2) is 6.57. The second-order valence-electron chi connectivity index (χ2n) is 4.47. The van der Waals surface area contributed by atoms with Crippen molar-refractivity contribution in [3.05, 3.63) is 42.5 Å². The predicted octanol–water partition coefficient (Wildman–Crippen LogP) is 2.22. The van der Waals surface area contributed by atoms with Crippen LogP contribution in [0.5, 0.6) is 5.75 Å². The molecule has 0 aliphatic carbocycles. The highest BCUT2D eigenvalue weighted by atomic mass is 16.5. The quantitative estimate of drug-likeness (QED) is 0.806. The zero-order valence-electron chi connectivity index (χ0n) is 11.1. The molecule has 0 amide bonds. The molecule has 3 heteroatoms. The highest BCUT2D eigenvalue weighted by Crippen LogP contribution is 2.24. The summed E-state index contributed by atoms with van der Waals surface area (Å²) >= 11 is 0. The fraction of sp³-hybridized carbons (Fsp3) is 0.467. The topological polar surface area (TPSA) is 24.5 Å². The summed E-state index contributed by atoms with van der Waals surface area (Å²) in [7, 11) is 0. The van der Waals surface area contributed by atoms with Crippen molar-refractivity contribution < 1.29 is 4.74 Å². The number of nitrogens with one attached hydrogen (secondary N) is 1. The van der Waals surface area contributed by atoms with Crippen LogP contribution in [0, 0.1) is 0 Å². The third-order valence-electron chi connectivity index (χ3n) is 3.30. The summed E-state index contributed by atoms with van der Waals surface area (Å²) in [6.45, 7) is 11.0. The Morgan fingerprint density at radius 2 is 2.00 bits per heavy atom. The fourth-order valence-corrected chi connectivity index (χ4v) is 2.38. The van der Waals surface area contributed by atoms with E-state index in [1.54, 1.807) is 0 Å². The summed E-state index contributed by atoms with van der Waals surface area (Å²) in [6.07, 6.45) is 2.03. The van der Waals surface area contributed by atoms with Crippen molar-refractivity contribution in [3.8, 4) is 5.75 Å². The maximum absolute atomic E-state index is 5.47. The van der Waals surface area contributed by atoms with E-state index in [9.17, 15) is 0 Å². The Morgan fingerprint density at radius 3 is 2.56 bits per heavy atom. The first-order valence-electron chi connectivity index (χ1n) is 6.65. The van der Waals surface area contributed by atoms with Crippen LogP contribution in [-0.4, -0.2) is 37.7 Å². The monoisotopic (exact) mass is 246 g/mol. The number of piperazine rings is 1. The number of hydrogen-bond acceptors (Lipinski definition) is 3. The molecule has 0 unspecified atom stereocenters. The van der Waals surface area contributed by atoms with Crippen molar-refractivity contribution >= 4 is 0 Å². The van der Waals surface area contributed by atoms with E-state index in [0.717, 1.165) is 31.9 Å². The van der Waals surface area contributed by atoms with Crippen LogP contribution < -0.4 is 10.1 Å². The molecule has 0 bridgehead atoms. The molecule has 1 aromatic rings. The first-order valence-corrected chi connectivity index (χ1v) is 6.65. The van der Waals surface area contributed by atoms with Gasteiger partial charge in [0.25, 0.3) is 0 Å². The molecule has 3 nitrogen and oxygen atoms in total. The summed E-state index contributed by atoms with van der Waals surface area (Å²) < 4.78 is 5.47. The van der Waals surface area contributed by atoms with Gasteiger partial charge in [0.2, 0.25) is 0 Å². The smallest absolute Gasteiger partial charge is 0.119 e. The second-order valence-corrected chi connectivity index (χ2v) is 4.47. The largest absolute Gasteiger partial charge is 0.494 e. The van der Waals surface area contributed by atoms with Crippen LogP contribution in [0.3, 0.4) is 0 Å². The molecule has 0 aromatic heterocycles. The van der Waals surface area contributed by atoms with Crippen LogP contribution in [0.15, 0.2) is 36.9 Å². The molecule has 2 rings (SSSR count). The Balaban J connectivity index is 2.08. The average Bonchev–Trinajstić information content (AvgIpc) is 2.43. The number of rotatable bonds is 5. The first kappa shape index (κ1) is 13.1. The van der Waals surface area contributed by atoms with E-state index in [4.69, 9.17) is 4.74 Å². The minimum absolute atomic E-state index is 0.308.